The van der Waals surface area contributed by atoms with Crippen LogP contribution in [0.5, 0.6) is 0 Å². The highest BCUT2D eigenvalue weighted by Gasteiger charge is 2.19. The molecule has 4 heteroatoms. The Bertz CT molecular complexity index is 416. The minimum atomic E-state index is 0.138. The molecule has 0 saturated carbocycles. The number of halogens is 1. The van der Waals surface area contributed by atoms with Crippen LogP contribution in [0.2, 0.25) is 0 Å². The fourth-order valence-corrected chi connectivity index (χ4v) is 2.99. The molecular weight excluding hydrogens is 339 g/mol. The van der Waals surface area contributed by atoms with Gasteiger partial charge in [-0.05, 0) is 66.6 Å². The molecule has 1 amide bonds. The Morgan fingerprint density at radius 1 is 1.39 bits per heavy atom. The number of rotatable bonds is 3. The zero-order valence-electron chi connectivity index (χ0n) is 10.7. The number of benzene rings is 1. The Kier molecular flexibility index (Phi) is 5.00. The van der Waals surface area contributed by atoms with Gasteiger partial charge in [0.15, 0.2) is 0 Å². The lowest BCUT2D eigenvalue weighted by Crippen LogP contribution is -2.37. The average molecular weight is 358 g/mol. The van der Waals surface area contributed by atoms with Crippen LogP contribution in [-0.4, -0.2) is 37.5 Å². The van der Waals surface area contributed by atoms with E-state index in [-0.39, 0.29) is 5.91 Å². The van der Waals surface area contributed by atoms with Crippen molar-refractivity contribution in [1.29, 1.82) is 0 Å². The fourth-order valence-electron chi connectivity index (χ4n) is 2.37. The molecule has 0 unspecified atom stereocenters. The van der Waals surface area contributed by atoms with Crippen LogP contribution in [0.15, 0.2) is 24.3 Å². The van der Waals surface area contributed by atoms with Crippen molar-refractivity contribution in [3.05, 3.63) is 33.4 Å². The fraction of sp³-hybridized carbons (Fsp3) is 0.500. The molecule has 0 aliphatic carbocycles. The Labute approximate surface area is 122 Å². The highest BCUT2D eigenvalue weighted by Crippen LogP contribution is 2.17. The van der Waals surface area contributed by atoms with Crippen LogP contribution in [0.4, 0.5) is 0 Å². The van der Waals surface area contributed by atoms with E-state index >= 15 is 0 Å². The monoisotopic (exact) mass is 358 g/mol. The predicted molar refractivity (Wildman–Crippen MR) is 81.7 cm³/mol. The van der Waals surface area contributed by atoms with E-state index in [9.17, 15) is 4.79 Å². The second-order valence-electron chi connectivity index (χ2n) is 4.86. The molecule has 98 valence electrons. The number of nitrogens with zero attached hydrogens (tertiary/aromatic N) is 1. The van der Waals surface area contributed by atoms with Crippen molar-refractivity contribution >= 4 is 28.5 Å². The smallest absolute Gasteiger partial charge is 0.254 e. The SMILES string of the molecule is CN(CC1CCNCC1)C(=O)c1ccccc1I. The van der Waals surface area contributed by atoms with Gasteiger partial charge in [0.05, 0.1) is 5.56 Å². The third-order valence-corrected chi connectivity index (χ3v) is 4.38. The van der Waals surface area contributed by atoms with E-state index in [0.29, 0.717) is 5.92 Å². The molecule has 0 spiro atoms. The lowest BCUT2D eigenvalue weighted by Gasteiger charge is -2.27. The molecule has 1 aliphatic heterocycles. The summed E-state index contributed by atoms with van der Waals surface area (Å²) in [5.41, 5.74) is 0.814. The topological polar surface area (TPSA) is 32.3 Å². The molecule has 2 rings (SSSR count). The highest BCUT2D eigenvalue weighted by molar-refractivity contribution is 14.1. The predicted octanol–water partition coefficient (Wildman–Crippen LogP) is 2.36. The van der Waals surface area contributed by atoms with Crippen molar-refractivity contribution in [2.75, 3.05) is 26.7 Å². The van der Waals surface area contributed by atoms with E-state index in [0.717, 1.165) is 28.8 Å². The maximum Gasteiger partial charge on any atom is 0.254 e. The van der Waals surface area contributed by atoms with Crippen molar-refractivity contribution in [1.82, 2.24) is 10.2 Å². The van der Waals surface area contributed by atoms with Gasteiger partial charge in [-0.15, -0.1) is 0 Å². The summed E-state index contributed by atoms with van der Waals surface area (Å²) in [6.45, 7) is 3.02. The maximum absolute atomic E-state index is 12.3. The van der Waals surface area contributed by atoms with Gasteiger partial charge >= 0.3 is 0 Å². The van der Waals surface area contributed by atoms with Gasteiger partial charge in [0.2, 0.25) is 0 Å². The molecule has 18 heavy (non-hydrogen) atoms. The van der Waals surface area contributed by atoms with Gasteiger partial charge in [-0.25, -0.2) is 0 Å². The summed E-state index contributed by atoms with van der Waals surface area (Å²) in [6.07, 6.45) is 2.34. The van der Waals surface area contributed by atoms with Gasteiger partial charge in [-0.1, -0.05) is 12.1 Å². The summed E-state index contributed by atoms with van der Waals surface area (Å²) in [5.74, 6) is 0.778. The lowest BCUT2D eigenvalue weighted by molar-refractivity contribution is 0.0761. The van der Waals surface area contributed by atoms with Crippen molar-refractivity contribution < 1.29 is 4.79 Å². The molecule has 1 saturated heterocycles. The molecule has 0 bridgehead atoms. The zero-order valence-corrected chi connectivity index (χ0v) is 12.8. The molecule has 1 N–H and O–H groups in total. The summed E-state index contributed by atoms with van der Waals surface area (Å²) in [4.78, 5) is 14.2. The highest BCUT2D eigenvalue weighted by atomic mass is 127. The standard InChI is InChI=1S/C14H19IN2O/c1-17(10-11-6-8-16-9-7-11)14(18)12-4-2-3-5-13(12)15/h2-5,11,16H,6-10H2,1H3. The maximum atomic E-state index is 12.3. The van der Waals surface area contributed by atoms with Crippen LogP contribution in [0.3, 0.4) is 0 Å². The third-order valence-electron chi connectivity index (χ3n) is 3.44. The summed E-state index contributed by atoms with van der Waals surface area (Å²) < 4.78 is 1.03. The zero-order chi connectivity index (χ0) is 13.0. The largest absolute Gasteiger partial charge is 0.341 e. The van der Waals surface area contributed by atoms with Gasteiger partial charge < -0.3 is 10.2 Å². The van der Waals surface area contributed by atoms with Gasteiger partial charge in [0.1, 0.15) is 0 Å². The van der Waals surface area contributed by atoms with E-state index in [1.54, 1.807) is 0 Å². The molecule has 1 fully saturated rings. The second kappa shape index (κ2) is 6.52. The quantitative estimate of drug-likeness (QED) is 0.842. The summed E-state index contributed by atoms with van der Waals surface area (Å²) >= 11 is 2.22. The Hall–Kier alpha value is -0.620. The number of carbonyl (C=O) groups is 1. The molecule has 1 heterocycles. The second-order valence-corrected chi connectivity index (χ2v) is 6.02. The minimum absolute atomic E-state index is 0.138. The van der Waals surface area contributed by atoms with Crippen LogP contribution >= 0.6 is 22.6 Å². The number of hydrogen-bond acceptors (Lipinski definition) is 2. The van der Waals surface area contributed by atoms with Gasteiger partial charge in [0, 0.05) is 17.2 Å². The van der Waals surface area contributed by atoms with E-state index in [1.807, 2.05) is 36.2 Å². The summed E-state index contributed by atoms with van der Waals surface area (Å²) in [5, 5.41) is 3.35. The number of nitrogens with one attached hydrogen (secondary N) is 1. The molecule has 1 aromatic carbocycles. The molecule has 3 nitrogen and oxygen atoms in total. The molecule has 0 radical (unpaired) electrons. The molecular formula is C14H19IN2O. The molecule has 0 atom stereocenters. The van der Waals surface area contributed by atoms with Crippen LogP contribution < -0.4 is 5.32 Å². The van der Waals surface area contributed by atoms with E-state index in [4.69, 9.17) is 0 Å². The van der Waals surface area contributed by atoms with E-state index in [2.05, 4.69) is 27.9 Å². The number of piperidine rings is 1. The van der Waals surface area contributed by atoms with Crippen molar-refractivity contribution in [2.24, 2.45) is 5.92 Å². The first-order valence-electron chi connectivity index (χ1n) is 6.39. The van der Waals surface area contributed by atoms with Gasteiger partial charge in [0.25, 0.3) is 5.91 Å². The summed E-state index contributed by atoms with van der Waals surface area (Å²) in [6, 6.07) is 7.77. The Morgan fingerprint density at radius 2 is 2.06 bits per heavy atom. The molecule has 1 aliphatic rings. The number of hydrogen-bond donors (Lipinski definition) is 1. The molecule has 1 aromatic rings. The van der Waals surface area contributed by atoms with Crippen LogP contribution in [0, 0.1) is 9.49 Å². The van der Waals surface area contributed by atoms with Crippen LogP contribution in [0.1, 0.15) is 23.2 Å². The first kappa shape index (κ1) is 13.8. The van der Waals surface area contributed by atoms with E-state index in [1.165, 1.54) is 12.8 Å². The van der Waals surface area contributed by atoms with Crippen LogP contribution in [0.25, 0.3) is 0 Å². The van der Waals surface area contributed by atoms with Crippen molar-refractivity contribution in [3.63, 3.8) is 0 Å². The number of amides is 1. The normalized spacial score (nSPS) is 16.6. The first-order chi connectivity index (χ1) is 8.68. The Balaban J connectivity index is 1.98. The average Bonchev–Trinajstić information content (AvgIpc) is 2.39. The van der Waals surface area contributed by atoms with Gasteiger partial charge in [-0.3, -0.25) is 4.79 Å². The van der Waals surface area contributed by atoms with Crippen molar-refractivity contribution in [2.45, 2.75) is 12.8 Å². The van der Waals surface area contributed by atoms with Crippen LogP contribution in [-0.2, 0) is 0 Å². The molecule has 0 aromatic heterocycles. The summed E-state index contributed by atoms with van der Waals surface area (Å²) in [7, 11) is 1.91. The number of carbonyl (C=O) groups excluding carboxylic acids is 1. The lowest BCUT2D eigenvalue weighted by atomic mass is 9.97. The van der Waals surface area contributed by atoms with Gasteiger partial charge in [-0.2, -0.15) is 0 Å². The first-order valence-corrected chi connectivity index (χ1v) is 7.47. The Morgan fingerprint density at radius 3 is 2.72 bits per heavy atom. The third kappa shape index (κ3) is 3.45. The minimum Gasteiger partial charge on any atom is -0.341 e. The van der Waals surface area contributed by atoms with Crippen molar-refractivity contribution in [3.8, 4) is 0 Å². The van der Waals surface area contributed by atoms with E-state index < -0.39 is 0 Å².